The van der Waals surface area contributed by atoms with E-state index in [9.17, 15) is 0 Å². The molecule has 1 heterocycles. The fourth-order valence-electron chi connectivity index (χ4n) is 2.40. The molecule has 0 radical (unpaired) electrons. The van der Waals surface area contributed by atoms with Gasteiger partial charge in [0.1, 0.15) is 5.75 Å². The lowest BCUT2D eigenvalue weighted by Crippen LogP contribution is -2.34. The normalized spacial score (nSPS) is 18.9. The van der Waals surface area contributed by atoms with Crippen LogP contribution in [-0.4, -0.2) is 32.4 Å². The van der Waals surface area contributed by atoms with Gasteiger partial charge in [-0.25, -0.2) is 0 Å². The van der Waals surface area contributed by atoms with Crippen LogP contribution in [0.5, 0.6) is 5.75 Å². The maximum Gasteiger partial charge on any atom is 0.137 e. The lowest BCUT2D eigenvalue weighted by molar-refractivity contribution is 0.108. The maximum atomic E-state index is 6.01. The minimum absolute atomic E-state index is 0.644. The van der Waals surface area contributed by atoms with Gasteiger partial charge in [-0.05, 0) is 37.9 Å². The van der Waals surface area contributed by atoms with Gasteiger partial charge in [0.05, 0.1) is 11.6 Å². The highest BCUT2D eigenvalue weighted by atomic mass is 35.5. The monoisotopic (exact) mass is 297 g/mol. The minimum Gasteiger partial charge on any atom is -0.492 e. The summed E-state index contributed by atoms with van der Waals surface area (Å²) in [6.07, 6.45) is 5.97. The Balaban J connectivity index is 1.46. The number of benzene rings is 1. The Labute approximate surface area is 126 Å². The average molecular weight is 298 g/mol. The largest absolute Gasteiger partial charge is 0.492 e. The van der Waals surface area contributed by atoms with E-state index in [-0.39, 0.29) is 0 Å². The fourth-order valence-corrected chi connectivity index (χ4v) is 2.59. The number of piperidine rings is 1. The minimum atomic E-state index is 0.644. The van der Waals surface area contributed by atoms with Crippen LogP contribution in [0, 0.1) is 0 Å². The molecule has 0 aliphatic carbocycles. The number of halogens is 1. The number of ether oxygens (including phenoxy) is 2. The van der Waals surface area contributed by atoms with Gasteiger partial charge in [0.25, 0.3) is 0 Å². The summed E-state index contributed by atoms with van der Waals surface area (Å²) in [4.78, 5) is 0. The molecular formula is C16H24ClNO2. The molecule has 0 bridgehead atoms. The lowest BCUT2D eigenvalue weighted by atomic mass is 10.0. The van der Waals surface area contributed by atoms with E-state index in [4.69, 9.17) is 21.1 Å². The zero-order valence-corrected chi connectivity index (χ0v) is 12.7. The van der Waals surface area contributed by atoms with E-state index in [2.05, 4.69) is 5.32 Å². The molecule has 20 heavy (non-hydrogen) atoms. The second-order valence-electron chi connectivity index (χ2n) is 5.18. The van der Waals surface area contributed by atoms with E-state index in [0.717, 1.165) is 38.3 Å². The third-order valence-corrected chi connectivity index (χ3v) is 3.86. The van der Waals surface area contributed by atoms with Crippen molar-refractivity contribution in [2.75, 3.05) is 26.4 Å². The van der Waals surface area contributed by atoms with Crippen LogP contribution in [0.3, 0.4) is 0 Å². The zero-order valence-electron chi connectivity index (χ0n) is 11.9. The predicted molar refractivity (Wildman–Crippen MR) is 82.6 cm³/mol. The van der Waals surface area contributed by atoms with Crippen molar-refractivity contribution in [1.29, 1.82) is 0 Å². The first-order valence-electron chi connectivity index (χ1n) is 7.55. The Morgan fingerprint density at radius 2 is 2.05 bits per heavy atom. The van der Waals surface area contributed by atoms with E-state index in [1.54, 1.807) is 0 Å². The molecule has 0 spiro atoms. The quantitative estimate of drug-likeness (QED) is 0.743. The van der Waals surface area contributed by atoms with E-state index >= 15 is 0 Å². The van der Waals surface area contributed by atoms with E-state index in [0.29, 0.717) is 17.7 Å². The fraction of sp³-hybridized carbons (Fsp3) is 0.625. The first-order valence-corrected chi connectivity index (χ1v) is 7.92. The van der Waals surface area contributed by atoms with Crippen LogP contribution in [0.1, 0.15) is 32.1 Å². The lowest BCUT2D eigenvalue weighted by Gasteiger charge is -2.23. The molecule has 2 rings (SSSR count). The topological polar surface area (TPSA) is 30.5 Å². The highest BCUT2D eigenvalue weighted by molar-refractivity contribution is 6.32. The first-order chi connectivity index (χ1) is 9.86. The van der Waals surface area contributed by atoms with Gasteiger partial charge in [-0.3, -0.25) is 0 Å². The molecule has 1 aromatic rings. The SMILES string of the molecule is Clc1ccccc1OCCCOCCC1CCCCN1. The van der Waals surface area contributed by atoms with Gasteiger partial charge in [0.15, 0.2) is 0 Å². The molecule has 1 aromatic carbocycles. The highest BCUT2D eigenvalue weighted by Gasteiger charge is 2.11. The van der Waals surface area contributed by atoms with Gasteiger partial charge in [0.2, 0.25) is 0 Å². The summed E-state index contributed by atoms with van der Waals surface area (Å²) in [6, 6.07) is 8.21. The zero-order chi connectivity index (χ0) is 14.0. The van der Waals surface area contributed by atoms with Crippen molar-refractivity contribution >= 4 is 11.6 Å². The van der Waals surface area contributed by atoms with Crippen molar-refractivity contribution in [2.45, 2.75) is 38.1 Å². The van der Waals surface area contributed by atoms with Gasteiger partial charge < -0.3 is 14.8 Å². The summed E-state index contributed by atoms with van der Waals surface area (Å²) in [7, 11) is 0. The number of hydrogen-bond acceptors (Lipinski definition) is 3. The van der Waals surface area contributed by atoms with E-state index in [1.165, 1.54) is 19.3 Å². The summed E-state index contributed by atoms with van der Waals surface area (Å²) < 4.78 is 11.3. The van der Waals surface area contributed by atoms with Gasteiger partial charge in [0, 0.05) is 25.7 Å². The van der Waals surface area contributed by atoms with Crippen molar-refractivity contribution in [2.24, 2.45) is 0 Å². The molecular weight excluding hydrogens is 274 g/mol. The third-order valence-electron chi connectivity index (χ3n) is 3.55. The molecule has 0 saturated carbocycles. The van der Waals surface area contributed by atoms with Crippen molar-refractivity contribution < 1.29 is 9.47 Å². The van der Waals surface area contributed by atoms with E-state index < -0.39 is 0 Å². The van der Waals surface area contributed by atoms with Crippen LogP contribution in [0.25, 0.3) is 0 Å². The molecule has 0 aromatic heterocycles. The molecule has 1 aliphatic rings. The standard InChI is InChI=1S/C16H24ClNO2/c17-15-7-1-2-8-16(15)20-12-5-11-19-13-9-14-6-3-4-10-18-14/h1-2,7-8,14,18H,3-6,9-13H2. The number of nitrogens with one attached hydrogen (secondary N) is 1. The molecule has 1 atom stereocenters. The Hall–Kier alpha value is -0.770. The molecule has 3 nitrogen and oxygen atoms in total. The third kappa shape index (κ3) is 5.70. The van der Waals surface area contributed by atoms with Gasteiger partial charge in [-0.1, -0.05) is 30.2 Å². The van der Waals surface area contributed by atoms with Crippen LogP contribution < -0.4 is 10.1 Å². The van der Waals surface area contributed by atoms with Crippen molar-refractivity contribution in [1.82, 2.24) is 5.32 Å². The summed E-state index contributed by atoms with van der Waals surface area (Å²) in [5.41, 5.74) is 0. The summed E-state index contributed by atoms with van der Waals surface area (Å²) in [5.74, 6) is 0.751. The Bertz CT molecular complexity index is 380. The maximum absolute atomic E-state index is 6.01. The molecule has 1 saturated heterocycles. The van der Waals surface area contributed by atoms with Crippen LogP contribution in [-0.2, 0) is 4.74 Å². The van der Waals surface area contributed by atoms with Crippen LogP contribution in [0.2, 0.25) is 5.02 Å². The predicted octanol–water partition coefficient (Wildman–Crippen LogP) is 3.66. The summed E-state index contributed by atoms with van der Waals surface area (Å²) in [6.45, 7) is 3.39. The summed E-state index contributed by atoms with van der Waals surface area (Å²) >= 11 is 6.01. The van der Waals surface area contributed by atoms with Gasteiger partial charge in [-0.15, -0.1) is 0 Å². The molecule has 1 fully saturated rings. The molecule has 0 amide bonds. The second-order valence-corrected chi connectivity index (χ2v) is 5.59. The molecule has 1 N–H and O–H groups in total. The first kappa shape index (κ1) is 15.6. The molecule has 1 aliphatic heterocycles. The average Bonchev–Trinajstić information content (AvgIpc) is 2.49. The Morgan fingerprint density at radius 1 is 1.15 bits per heavy atom. The van der Waals surface area contributed by atoms with Crippen LogP contribution >= 0.6 is 11.6 Å². The second kappa shape index (κ2) is 9.22. The van der Waals surface area contributed by atoms with Crippen LogP contribution in [0.15, 0.2) is 24.3 Å². The van der Waals surface area contributed by atoms with E-state index in [1.807, 2.05) is 24.3 Å². The van der Waals surface area contributed by atoms with Crippen molar-refractivity contribution in [3.8, 4) is 5.75 Å². The number of para-hydroxylation sites is 1. The molecule has 1 unspecified atom stereocenters. The number of rotatable bonds is 8. The number of hydrogen-bond donors (Lipinski definition) is 1. The highest BCUT2D eigenvalue weighted by Crippen LogP contribution is 2.23. The van der Waals surface area contributed by atoms with Gasteiger partial charge >= 0.3 is 0 Å². The molecule has 4 heteroatoms. The van der Waals surface area contributed by atoms with Crippen molar-refractivity contribution in [3.63, 3.8) is 0 Å². The summed E-state index contributed by atoms with van der Waals surface area (Å²) in [5, 5.41) is 4.19. The molecule has 112 valence electrons. The van der Waals surface area contributed by atoms with Gasteiger partial charge in [-0.2, -0.15) is 0 Å². The van der Waals surface area contributed by atoms with Crippen molar-refractivity contribution in [3.05, 3.63) is 29.3 Å². The Kier molecular flexibility index (Phi) is 7.20. The smallest absolute Gasteiger partial charge is 0.137 e. The Morgan fingerprint density at radius 3 is 2.85 bits per heavy atom. The van der Waals surface area contributed by atoms with Crippen LogP contribution in [0.4, 0.5) is 0 Å².